The lowest BCUT2D eigenvalue weighted by molar-refractivity contribution is -0.138. The second-order valence-corrected chi connectivity index (χ2v) is 6.09. The van der Waals surface area contributed by atoms with E-state index in [1.165, 1.54) is 0 Å². The van der Waals surface area contributed by atoms with Crippen LogP contribution >= 0.6 is 0 Å². The van der Waals surface area contributed by atoms with Crippen molar-refractivity contribution in [2.75, 3.05) is 26.2 Å². The molecule has 0 aromatic rings. The van der Waals surface area contributed by atoms with Crippen molar-refractivity contribution in [3.8, 4) is 0 Å². The van der Waals surface area contributed by atoms with Gasteiger partial charge in [0.1, 0.15) is 0 Å². The molecule has 3 N–H and O–H groups in total. The molecule has 128 valence electrons. The highest BCUT2D eigenvalue weighted by Crippen LogP contribution is 2.14. The van der Waals surface area contributed by atoms with Gasteiger partial charge in [-0.15, -0.1) is 0 Å². The largest absolute Gasteiger partial charge is 0.481 e. The fourth-order valence-corrected chi connectivity index (χ4v) is 2.98. The van der Waals surface area contributed by atoms with Gasteiger partial charge in [0.2, 0.25) is 0 Å². The van der Waals surface area contributed by atoms with E-state index in [-0.39, 0.29) is 12.8 Å². The molecule has 1 atom stereocenters. The number of hydrogen-bond acceptors (Lipinski definition) is 4. The van der Waals surface area contributed by atoms with E-state index in [1.807, 2.05) is 0 Å². The number of hydrogen-bond donors (Lipinski definition) is 3. The smallest absolute Gasteiger partial charge is 0.303 e. The molecule has 0 aromatic carbocycles. The summed E-state index contributed by atoms with van der Waals surface area (Å²) in [7, 11) is 0. The third-order valence-corrected chi connectivity index (χ3v) is 4.24. The zero-order valence-corrected chi connectivity index (χ0v) is 13.4. The summed E-state index contributed by atoms with van der Waals surface area (Å²) in [5.41, 5.74) is 0. The number of nitrogens with one attached hydrogen (secondary N) is 1. The number of unbranched alkanes of at least 4 members (excludes halogenated alkanes) is 4. The third kappa shape index (κ3) is 9.00. The van der Waals surface area contributed by atoms with E-state index in [9.17, 15) is 9.59 Å². The molecule has 0 aliphatic carbocycles. The quantitative estimate of drug-likeness (QED) is 0.477. The first kappa shape index (κ1) is 18.9. The minimum atomic E-state index is -0.707. The van der Waals surface area contributed by atoms with Crippen molar-refractivity contribution in [3.63, 3.8) is 0 Å². The molecule has 1 aliphatic rings. The van der Waals surface area contributed by atoms with E-state index in [0.29, 0.717) is 6.04 Å². The third-order valence-electron chi connectivity index (χ3n) is 4.24. The predicted molar refractivity (Wildman–Crippen MR) is 85.1 cm³/mol. The monoisotopic (exact) mass is 314 g/mol. The Labute approximate surface area is 132 Å². The van der Waals surface area contributed by atoms with Crippen molar-refractivity contribution in [1.82, 2.24) is 10.2 Å². The van der Waals surface area contributed by atoms with Gasteiger partial charge in [0.05, 0.1) is 0 Å². The molecule has 6 heteroatoms. The summed E-state index contributed by atoms with van der Waals surface area (Å²) in [5, 5.41) is 20.7. The molecule has 1 unspecified atom stereocenters. The molecule has 0 radical (unpaired) electrons. The average Bonchev–Trinajstić information content (AvgIpc) is 2.47. The molecule has 0 bridgehead atoms. The Bertz CT molecular complexity index is 304. The Balaban J connectivity index is 2.13. The van der Waals surface area contributed by atoms with Gasteiger partial charge in [0, 0.05) is 38.5 Å². The summed E-state index contributed by atoms with van der Waals surface area (Å²) < 4.78 is 0. The Morgan fingerprint density at radius 1 is 0.955 bits per heavy atom. The molecule has 22 heavy (non-hydrogen) atoms. The maximum atomic E-state index is 10.5. The van der Waals surface area contributed by atoms with Crippen molar-refractivity contribution in [1.29, 1.82) is 0 Å². The van der Waals surface area contributed by atoms with Crippen molar-refractivity contribution in [3.05, 3.63) is 0 Å². The summed E-state index contributed by atoms with van der Waals surface area (Å²) in [5.74, 6) is -1.41. The first-order chi connectivity index (χ1) is 10.6. The van der Waals surface area contributed by atoms with Gasteiger partial charge < -0.3 is 15.5 Å². The highest BCUT2D eigenvalue weighted by molar-refractivity contribution is 5.66. The summed E-state index contributed by atoms with van der Waals surface area (Å²) in [6.45, 7) is 4.12. The van der Waals surface area contributed by atoms with Crippen molar-refractivity contribution < 1.29 is 19.8 Å². The van der Waals surface area contributed by atoms with E-state index >= 15 is 0 Å². The summed E-state index contributed by atoms with van der Waals surface area (Å²) in [6.07, 6.45) is 7.28. The van der Waals surface area contributed by atoms with E-state index in [0.717, 1.165) is 71.1 Å². The van der Waals surface area contributed by atoms with Crippen molar-refractivity contribution in [2.24, 2.45) is 0 Å². The fraction of sp³-hybridized carbons (Fsp3) is 0.875. The highest BCUT2D eigenvalue weighted by Gasteiger charge is 2.20. The molecule has 1 rings (SSSR count). The summed E-state index contributed by atoms with van der Waals surface area (Å²) in [4.78, 5) is 23.5. The zero-order chi connectivity index (χ0) is 16.2. The Kier molecular flexibility index (Phi) is 9.82. The Morgan fingerprint density at radius 3 is 2.23 bits per heavy atom. The standard InChI is InChI=1S/C16H30N2O4/c19-15(20)8-4-1-3-7-14-13-17-10-12-18(14)11-6-2-5-9-16(21)22/h14,17H,1-13H2,(H,19,20)(H,21,22). The van der Waals surface area contributed by atoms with Crippen LogP contribution in [0.15, 0.2) is 0 Å². The predicted octanol–water partition coefficient (Wildman–Crippen LogP) is 1.94. The van der Waals surface area contributed by atoms with Gasteiger partial charge in [0.25, 0.3) is 0 Å². The van der Waals surface area contributed by atoms with Crippen LogP contribution in [0.1, 0.15) is 57.8 Å². The molecule has 1 heterocycles. The lowest BCUT2D eigenvalue weighted by Gasteiger charge is -2.36. The minimum Gasteiger partial charge on any atom is -0.481 e. The molecule has 0 saturated carbocycles. The van der Waals surface area contributed by atoms with Crippen LogP contribution in [0.4, 0.5) is 0 Å². The van der Waals surface area contributed by atoms with Gasteiger partial charge in [-0.05, 0) is 32.2 Å². The fourth-order valence-electron chi connectivity index (χ4n) is 2.98. The SMILES string of the molecule is O=C(O)CCCCCC1CNCCN1CCCCCC(=O)O. The number of carboxylic acids is 2. The molecule has 1 saturated heterocycles. The summed E-state index contributed by atoms with van der Waals surface area (Å²) >= 11 is 0. The van der Waals surface area contributed by atoms with Gasteiger partial charge in [-0.2, -0.15) is 0 Å². The van der Waals surface area contributed by atoms with Crippen LogP contribution in [0.2, 0.25) is 0 Å². The average molecular weight is 314 g/mol. The molecule has 1 aliphatic heterocycles. The van der Waals surface area contributed by atoms with Crippen LogP contribution < -0.4 is 5.32 Å². The van der Waals surface area contributed by atoms with Crippen molar-refractivity contribution in [2.45, 2.75) is 63.8 Å². The molecule has 0 amide bonds. The molecule has 1 fully saturated rings. The maximum absolute atomic E-state index is 10.5. The second-order valence-electron chi connectivity index (χ2n) is 6.09. The van der Waals surface area contributed by atoms with E-state index in [4.69, 9.17) is 10.2 Å². The second kappa shape index (κ2) is 11.4. The first-order valence-corrected chi connectivity index (χ1v) is 8.48. The van der Waals surface area contributed by atoms with Crippen LogP contribution in [-0.4, -0.2) is 59.3 Å². The van der Waals surface area contributed by atoms with Crippen LogP contribution in [-0.2, 0) is 9.59 Å². The first-order valence-electron chi connectivity index (χ1n) is 8.48. The minimum absolute atomic E-state index is 0.272. The molecule has 6 nitrogen and oxygen atoms in total. The Hall–Kier alpha value is -1.14. The topological polar surface area (TPSA) is 89.9 Å². The van der Waals surface area contributed by atoms with Crippen LogP contribution in [0.5, 0.6) is 0 Å². The number of carboxylic acid groups (broad SMARTS) is 2. The molecule has 0 spiro atoms. The molecular weight excluding hydrogens is 284 g/mol. The van der Waals surface area contributed by atoms with Crippen LogP contribution in [0, 0.1) is 0 Å². The van der Waals surface area contributed by atoms with Gasteiger partial charge >= 0.3 is 11.9 Å². The number of aliphatic carboxylic acids is 2. The van der Waals surface area contributed by atoms with Crippen LogP contribution in [0.3, 0.4) is 0 Å². The van der Waals surface area contributed by atoms with Gasteiger partial charge in [-0.25, -0.2) is 0 Å². The van der Waals surface area contributed by atoms with E-state index in [2.05, 4.69) is 10.2 Å². The number of nitrogens with zero attached hydrogens (tertiary/aromatic N) is 1. The van der Waals surface area contributed by atoms with Crippen molar-refractivity contribution >= 4 is 11.9 Å². The lowest BCUT2D eigenvalue weighted by atomic mass is 10.0. The number of carbonyl (C=O) groups is 2. The normalized spacial score (nSPS) is 19.2. The summed E-state index contributed by atoms with van der Waals surface area (Å²) in [6, 6.07) is 0.540. The van der Waals surface area contributed by atoms with Gasteiger partial charge in [0.15, 0.2) is 0 Å². The Morgan fingerprint density at radius 2 is 1.59 bits per heavy atom. The zero-order valence-electron chi connectivity index (χ0n) is 13.4. The van der Waals surface area contributed by atoms with Gasteiger partial charge in [-0.1, -0.05) is 19.3 Å². The highest BCUT2D eigenvalue weighted by atomic mass is 16.4. The van der Waals surface area contributed by atoms with E-state index < -0.39 is 11.9 Å². The molecule has 0 aromatic heterocycles. The van der Waals surface area contributed by atoms with E-state index in [1.54, 1.807) is 0 Å². The van der Waals surface area contributed by atoms with Crippen LogP contribution in [0.25, 0.3) is 0 Å². The number of rotatable bonds is 12. The number of piperazine rings is 1. The maximum Gasteiger partial charge on any atom is 0.303 e. The van der Waals surface area contributed by atoms with Gasteiger partial charge in [-0.3, -0.25) is 14.5 Å². The lowest BCUT2D eigenvalue weighted by Crippen LogP contribution is -2.51. The molecular formula is C16H30N2O4.